The summed E-state index contributed by atoms with van der Waals surface area (Å²) in [6, 6.07) is 0.457. The fourth-order valence-electron chi connectivity index (χ4n) is 3.29. The lowest BCUT2D eigenvalue weighted by Gasteiger charge is -2.33. The molecule has 1 saturated heterocycles. The van der Waals surface area contributed by atoms with E-state index in [-0.39, 0.29) is 12.1 Å². The Balaban J connectivity index is 1.36. The van der Waals surface area contributed by atoms with Gasteiger partial charge in [-0.2, -0.15) is 5.10 Å². The van der Waals surface area contributed by atoms with Crippen molar-refractivity contribution in [2.24, 2.45) is 5.92 Å². The maximum atomic E-state index is 12.7. The number of amides is 2. The molecular formula is C16H22N6OS. The topological polar surface area (TPSA) is 75.9 Å². The minimum Gasteiger partial charge on any atom is -0.328 e. The number of carbonyl (C=O) groups excluding carboxylic acids is 1. The van der Waals surface area contributed by atoms with Crippen LogP contribution in [-0.4, -0.2) is 43.8 Å². The van der Waals surface area contributed by atoms with E-state index in [0.717, 1.165) is 36.6 Å². The molecule has 1 N–H and O–H groups in total. The molecule has 2 aromatic heterocycles. The van der Waals surface area contributed by atoms with E-state index in [0.29, 0.717) is 12.0 Å². The van der Waals surface area contributed by atoms with Crippen molar-refractivity contribution in [2.45, 2.75) is 44.7 Å². The Kier molecular flexibility index (Phi) is 4.22. The number of piperidine rings is 1. The molecule has 0 spiro atoms. The van der Waals surface area contributed by atoms with Gasteiger partial charge in [0.05, 0.1) is 12.1 Å². The predicted octanol–water partition coefficient (Wildman–Crippen LogP) is 2.54. The summed E-state index contributed by atoms with van der Waals surface area (Å²) in [5.74, 6) is 0.548. The van der Waals surface area contributed by atoms with Gasteiger partial charge in [0.15, 0.2) is 0 Å². The van der Waals surface area contributed by atoms with Crippen LogP contribution in [0.1, 0.15) is 48.5 Å². The first-order valence-corrected chi connectivity index (χ1v) is 9.40. The minimum atomic E-state index is 0.0387. The smallest absolute Gasteiger partial charge is 0.317 e. The molecular weight excluding hydrogens is 324 g/mol. The number of nitrogens with zero attached hydrogens (tertiary/aromatic N) is 5. The summed E-state index contributed by atoms with van der Waals surface area (Å²) in [5, 5.41) is 10.5. The maximum Gasteiger partial charge on any atom is 0.317 e. The average molecular weight is 346 g/mol. The zero-order valence-electron chi connectivity index (χ0n) is 13.8. The molecule has 0 bridgehead atoms. The molecule has 1 aliphatic heterocycles. The lowest BCUT2D eigenvalue weighted by atomic mass is 10.1. The van der Waals surface area contributed by atoms with E-state index in [4.69, 9.17) is 0 Å². The van der Waals surface area contributed by atoms with Gasteiger partial charge in [0.1, 0.15) is 17.7 Å². The van der Waals surface area contributed by atoms with Crippen molar-refractivity contribution in [1.82, 2.24) is 30.0 Å². The van der Waals surface area contributed by atoms with Crippen molar-refractivity contribution in [3.05, 3.63) is 28.7 Å². The Hall–Kier alpha value is -1.96. The fourth-order valence-corrected chi connectivity index (χ4v) is 4.23. The first kappa shape index (κ1) is 15.6. The van der Waals surface area contributed by atoms with Gasteiger partial charge in [0, 0.05) is 24.2 Å². The van der Waals surface area contributed by atoms with Gasteiger partial charge in [-0.25, -0.2) is 19.4 Å². The van der Waals surface area contributed by atoms with Crippen molar-refractivity contribution >= 4 is 17.4 Å². The quantitative estimate of drug-likeness (QED) is 0.923. The van der Waals surface area contributed by atoms with Gasteiger partial charge in [-0.15, -0.1) is 11.3 Å². The second kappa shape index (κ2) is 6.51. The summed E-state index contributed by atoms with van der Waals surface area (Å²) in [6.07, 6.45) is 7.52. The summed E-state index contributed by atoms with van der Waals surface area (Å²) in [5.41, 5.74) is 1.03. The molecule has 1 aliphatic carbocycles. The Bertz CT molecular complexity index is 687. The number of rotatable bonds is 4. The van der Waals surface area contributed by atoms with E-state index in [1.54, 1.807) is 24.0 Å². The number of likely N-dealkylation sites (tertiary alicyclic amines) is 1. The van der Waals surface area contributed by atoms with Crippen molar-refractivity contribution in [2.75, 3.05) is 13.1 Å². The number of nitrogens with one attached hydrogen (secondary N) is 1. The van der Waals surface area contributed by atoms with Crippen LogP contribution in [0.2, 0.25) is 0 Å². The number of aryl methyl sites for hydroxylation is 1. The molecule has 128 valence electrons. The highest BCUT2D eigenvalue weighted by atomic mass is 32.1. The molecule has 4 rings (SSSR count). The van der Waals surface area contributed by atoms with Crippen molar-refractivity contribution < 1.29 is 4.79 Å². The number of hydrogen-bond acceptors (Lipinski definition) is 5. The van der Waals surface area contributed by atoms with Crippen LogP contribution in [0.4, 0.5) is 4.79 Å². The third-order valence-electron chi connectivity index (χ3n) is 4.84. The highest BCUT2D eigenvalue weighted by Crippen LogP contribution is 2.42. The van der Waals surface area contributed by atoms with Gasteiger partial charge in [-0.3, -0.25) is 0 Å². The van der Waals surface area contributed by atoms with Gasteiger partial charge in [0.2, 0.25) is 0 Å². The summed E-state index contributed by atoms with van der Waals surface area (Å²) in [7, 11) is 0. The number of hydrogen-bond donors (Lipinski definition) is 1. The van der Waals surface area contributed by atoms with Gasteiger partial charge in [-0.05, 0) is 38.5 Å². The van der Waals surface area contributed by atoms with Crippen LogP contribution in [0.15, 0.2) is 18.0 Å². The normalized spacial score (nSPS) is 20.1. The third kappa shape index (κ3) is 3.28. The summed E-state index contributed by atoms with van der Waals surface area (Å²) in [4.78, 5) is 23.2. The number of aromatic nitrogens is 4. The van der Waals surface area contributed by atoms with E-state index in [2.05, 4.69) is 25.8 Å². The van der Waals surface area contributed by atoms with Crippen LogP contribution in [-0.2, 0) is 0 Å². The molecule has 0 aromatic carbocycles. The summed E-state index contributed by atoms with van der Waals surface area (Å²) >= 11 is 1.65. The Morgan fingerprint density at radius 2 is 2.12 bits per heavy atom. The monoisotopic (exact) mass is 346 g/mol. The SMILES string of the molecule is Cc1csc([C@@H](NC(=O)N2CCC(n3cncn3)CC2)C2CC2)n1. The molecule has 2 aliphatic rings. The van der Waals surface area contributed by atoms with E-state index >= 15 is 0 Å². The molecule has 2 fully saturated rings. The van der Waals surface area contributed by atoms with E-state index in [1.807, 2.05) is 16.5 Å². The molecule has 0 radical (unpaired) electrons. The Morgan fingerprint density at radius 3 is 2.71 bits per heavy atom. The molecule has 7 nitrogen and oxygen atoms in total. The molecule has 1 saturated carbocycles. The predicted molar refractivity (Wildman–Crippen MR) is 90.7 cm³/mol. The molecule has 3 heterocycles. The van der Waals surface area contributed by atoms with E-state index in [1.165, 1.54) is 12.8 Å². The molecule has 24 heavy (non-hydrogen) atoms. The fraction of sp³-hybridized carbons (Fsp3) is 0.625. The highest BCUT2D eigenvalue weighted by Gasteiger charge is 2.36. The van der Waals surface area contributed by atoms with Crippen LogP contribution in [0.5, 0.6) is 0 Å². The number of urea groups is 1. The summed E-state index contributed by atoms with van der Waals surface area (Å²) in [6.45, 7) is 3.51. The molecule has 2 amide bonds. The van der Waals surface area contributed by atoms with E-state index in [9.17, 15) is 4.79 Å². The molecule has 0 unspecified atom stereocenters. The minimum absolute atomic E-state index is 0.0387. The van der Waals surface area contributed by atoms with Crippen molar-refractivity contribution in [3.63, 3.8) is 0 Å². The zero-order valence-corrected chi connectivity index (χ0v) is 14.6. The van der Waals surface area contributed by atoms with Crippen molar-refractivity contribution in [1.29, 1.82) is 0 Å². The number of thiazole rings is 1. The number of carbonyl (C=O) groups is 1. The standard InChI is InChI=1S/C16H22N6OS/c1-11-8-24-15(19-11)14(12-2-3-12)20-16(23)21-6-4-13(5-7-21)22-10-17-9-18-22/h8-10,12-14H,2-7H2,1H3,(H,20,23)/t14-/m0/s1. The van der Waals surface area contributed by atoms with Crippen molar-refractivity contribution in [3.8, 4) is 0 Å². The van der Waals surface area contributed by atoms with Gasteiger partial charge >= 0.3 is 6.03 Å². The van der Waals surface area contributed by atoms with E-state index < -0.39 is 0 Å². The largest absolute Gasteiger partial charge is 0.328 e. The zero-order chi connectivity index (χ0) is 16.5. The summed E-state index contributed by atoms with van der Waals surface area (Å²) < 4.78 is 1.90. The van der Waals surface area contributed by atoms with Crippen LogP contribution in [0.25, 0.3) is 0 Å². The van der Waals surface area contributed by atoms with Crippen LogP contribution in [0, 0.1) is 12.8 Å². The Morgan fingerprint density at radius 1 is 1.33 bits per heavy atom. The van der Waals surface area contributed by atoms with Crippen LogP contribution in [0.3, 0.4) is 0 Å². The van der Waals surface area contributed by atoms with Crippen LogP contribution >= 0.6 is 11.3 Å². The maximum absolute atomic E-state index is 12.7. The van der Waals surface area contributed by atoms with Gasteiger partial charge in [-0.1, -0.05) is 0 Å². The average Bonchev–Trinajstić information content (AvgIpc) is 3.10. The first-order chi connectivity index (χ1) is 11.7. The molecule has 1 atom stereocenters. The Labute approximate surface area is 145 Å². The van der Waals surface area contributed by atoms with Crippen LogP contribution < -0.4 is 5.32 Å². The van der Waals surface area contributed by atoms with Gasteiger partial charge in [0.25, 0.3) is 0 Å². The second-order valence-electron chi connectivity index (χ2n) is 6.69. The lowest BCUT2D eigenvalue weighted by molar-refractivity contribution is 0.164. The first-order valence-electron chi connectivity index (χ1n) is 8.52. The second-order valence-corrected chi connectivity index (χ2v) is 7.58. The molecule has 2 aromatic rings. The third-order valence-corrected chi connectivity index (χ3v) is 5.88. The lowest BCUT2D eigenvalue weighted by Crippen LogP contribution is -2.46. The molecule has 8 heteroatoms. The highest BCUT2D eigenvalue weighted by molar-refractivity contribution is 7.09. The van der Waals surface area contributed by atoms with Gasteiger partial charge < -0.3 is 10.2 Å².